The largest absolute Gasteiger partial charge is 0.350 e. The van der Waals surface area contributed by atoms with Gasteiger partial charge in [0, 0.05) is 11.6 Å². The van der Waals surface area contributed by atoms with Crippen LogP contribution in [0.1, 0.15) is 11.3 Å². The van der Waals surface area contributed by atoms with E-state index in [1.807, 2.05) is 30.3 Å². The summed E-state index contributed by atoms with van der Waals surface area (Å²) in [6.07, 6.45) is 3.44. The topological polar surface area (TPSA) is 79.4 Å². The predicted octanol–water partition coefficient (Wildman–Crippen LogP) is 3.63. The van der Waals surface area contributed by atoms with Crippen molar-refractivity contribution < 1.29 is 4.39 Å². The van der Waals surface area contributed by atoms with Gasteiger partial charge >= 0.3 is 0 Å². The van der Waals surface area contributed by atoms with E-state index in [1.54, 1.807) is 23.1 Å². The summed E-state index contributed by atoms with van der Waals surface area (Å²) in [6, 6.07) is 15.9. The number of rotatable bonds is 4. The maximum Gasteiger partial charge on any atom is 0.187 e. The lowest BCUT2D eigenvalue weighted by molar-refractivity contribution is 0.619. The molecule has 0 aliphatic carbocycles. The maximum absolute atomic E-state index is 13.3. The van der Waals surface area contributed by atoms with E-state index in [1.165, 1.54) is 12.1 Å². The molecule has 0 saturated heterocycles. The van der Waals surface area contributed by atoms with Crippen LogP contribution < -0.4 is 5.32 Å². The summed E-state index contributed by atoms with van der Waals surface area (Å²) in [4.78, 5) is 0. The van der Waals surface area contributed by atoms with Crippen LogP contribution in [0.5, 0.6) is 0 Å². The minimum Gasteiger partial charge on any atom is -0.350 e. The van der Waals surface area contributed by atoms with E-state index < -0.39 is 0 Å². The van der Waals surface area contributed by atoms with Crippen molar-refractivity contribution in [2.45, 2.75) is 6.54 Å². The first-order valence-electron chi connectivity index (χ1n) is 7.92. The molecule has 2 aromatic carbocycles. The molecule has 4 rings (SSSR count). The number of fused-ring (bicyclic) bond motifs is 1. The molecule has 0 unspecified atom stereocenters. The van der Waals surface area contributed by atoms with Gasteiger partial charge in [-0.1, -0.05) is 30.3 Å². The van der Waals surface area contributed by atoms with E-state index in [2.05, 4.69) is 26.7 Å². The standard InChI is InChI=1S/C19H13FN6/c20-14-5-3-4-13(8-14)11-26-12-15(10-22-26)23-19-16-6-1-2-7-17(16)24-25-18(19)9-21/h1-8,10,12H,11H2,(H,23,24). The highest BCUT2D eigenvalue weighted by atomic mass is 19.1. The molecular formula is C19H13FN6. The Hall–Kier alpha value is -3.79. The Bertz CT molecular complexity index is 1130. The Kier molecular flexibility index (Phi) is 4.00. The fraction of sp³-hybridized carbons (Fsp3) is 0.0526. The second-order valence-corrected chi connectivity index (χ2v) is 5.73. The number of nitrogens with zero attached hydrogens (tertiary/aromatic N) is 5. The Morgan fingerprint density at radius 1 is 1.12 bits per heavy atom. The first-order valence-corrected chi connectivity index (χ1v) is 7.92. The monoisotopic (exact) mass is 344 g/mol. The molecule has 2 heterocycles. The van der Waals surface area contributed by atoms with Crippen molar-refractivity contribution in [3.05, 3.63) is 78.0 Å². The highest BCUT2D eigenvalue weighted by Crippen LogP contribution is 2.27. The molecule has 0 aliphatic rings. The van der Waals surface area contributed by atoms with Gasteiger partial charge in [-0.2, -0.15) is 10.4 Å². The molecule has 0 radical (unpaired) electrons. The van der Waals surface area contributed by atoms with E-state index in [4.69, 9.17) is 0 Å². The number of anilines is 2. The number of hydrogen-bond acceptors (Lipinski definition) is 5. The van der Waals surface area contributed by atoms with Crippen molar-refractivity contribution in [3.8, 4) is 6.07 Å². The molecule has 0 amide bonds. The fourth-order valence-electron chi connectivity index (χ4n) is 2.74. The SMILES string of the molecule is N#Cc1nnc2ccccc2c1Nc1cnn(Cc2cccc(F)c2)c1. The molecule has 2 aromatic heterocycles. The smallest absolute Gasteiger partial charge is 0.187 e. The van der Waals surface area contributed by atoms with Gasteiger partial charge in [0.2, 0.25) is 0 Å². The summed E-state index contributed by atoms with van der Waals surface area (Å²) in [5, 5.41) is 25.6. The first-order chi connectivity index (χ1) is 12.7. The van der Waals surface area contributed by atoms with Crippen LogP contribution in [0.2, 0.25) is 0 Å². The van der Waals surface area contributed by atoms with Crippen LogP contribution in [0, 0.1) is 17.1 Å². The summed E-state index contributed by atoms with van der Waals surface area (Å²) in [5.41, 5.74) is 3.01. The van der Waals surface area contributed by atoms with E-state index in [0.29, 0.717) is 23.4 Å². The minimum atomic E-state index is -0.277. The quantitative estimate of drug-likeness (QED) is 0.611. The van der Waals surface area contributed by atoms with Crippen molar-refractivity contribution in [1.29, 1.82) is 5.26 Å². The molecule has 1 N–H and O–H groups in total. The summed E-state index contributed by atoms with van der Waals surface area (Å²) in [5.74, 6) is -0.277. The number of halogens is 1. The fourth-order valence-corrected chi connectivity index (χ4v) is 2.74. The molecule has 6 nitrogen and oxygen atoms in total. The van der Waals surface area contributed by atoms with Crippen LogP contribution in [0.25, 0.3) is 10.9 Å². The molecule has 0 aliphatic heterocycles. The lowest BCUT2D eigenvalue weighted by atomic mass is 10.1. The molecule has 0 atom stereocenters. The van der Waals surface area contributed by atoms with Gasteiger partial charge < -0.3 is 5.32 Å². The molecule has 126 valence electrons. The van der Waals surface area contributed by atoms with Gasteiger partial charge in [0.15, 0.2) is 5.69 Å². The molecule has 0 fully saturated rings. The highest BCUT2D eigenvalue weighted by Gasteiger charge is 2.11. The maximum atomic E-state index is 13.3. The molecule has 0 spiro atoms. The number of nitriles is 1. The summed E-state index contributed by atoms with van der Waals surface area (Å²) < 4.78 is 15.0. The van der Waals surface area contributed by atoms with E-state index >= 15 is 0 Å². The second-order valence-electron chi connectivity index (χ2n) is 5.73. The van der Waals surface area contributed by atoms with Crippen molar-refractivity contribution in [2.24, 2.45) is 0 Å². The van der Waals surface area contributed by atoms with Gasteiger partial charge in [-0.05, 0) is 23.8 Å². The summed E-state index contributed by atoms with van der Waals surface area (Å²) >= 11 is 0. The zero-order chi connectivity index (χ0) is 17.9. The van der Waals surface area contributed by atoms with E-state index in [-0.39, 0.29) is 11.5 Å². The Balaban J connectivity index is 1.64. The Labute approximate surface area is 148 Å². The Morgan fingerprint density at radius 3 is 2.85 bits per heavy atom. The number of nitrogens with one attached hydrogen (secondary N) is 1. The lowest BCUT2D eigenvalue weighted by Gasteiger charge is -2.08. The molecule has 7 heteroatoms. The average Bonchev–Trinajstić information content (AvgIpc) is 3.09. The van der Waals surface area contributed by atoms with E-state index in [0.717, 1.165) is 10.9 Å². The van der Waals surface area contributed by atoms with Crippen molar-refractivity contribution >= 4 is 22.3 Å². The van der Waals surface area contributed by atoms with Gasteiger partial charge in [0.25, 0.3) is 0 Å². The average molecular weight is 344 g/mol. The third-order valence-electron chi connectivity index (χ3n) is 3.91. The molecule has 4 aromatic rings. The Morgan fingerprint density at radius 2 is 2.00 bits per heavy atom. The van der Waals surface area contributed by atoms with Crippen LogP contribution in [-0.2, 0) is 6.54 Å². The third-order valence-corrected chi connectivity index (χ3v) is 3.91. The molecule has 0 bridgehead atoms. The van der Waals surface area contributed by atoms with Crippen LogP contribution >= 0.6 is 0 Å². The van der Waals surface area contributed by atoms with E-state index in [9.17, 15) is 9.65 Å². The van der Waals surface area contributed by atoms with Crippen LogP contribution in [0.15, 0.2) is 60.9 Å². The summed E-state index contributed by atoms with van der Waals surface area (Å²) in [6.45, 7) is 0.444. The van der Waals surface area contributed by atoms with Crippen LogP contribution in [0.4, 0.5) is 15.8 Å². The lowest BCUT2D eigenvalue weighted by Crippen LogP contribution is -2.01. The zero-order valence-electron chi connectivity index (χ0n) is 13.6. The minimum absolute atomic E-state index is 0.210. The van der Waals surface area contributed by atoms with Gasteiger partial charge in [0.1, 0.15) is 11.9 Å². The van der Waals surface area contributed by atoms with Crippen LogP contribution in [-0.4, -0.2) is 20.0 Å². The van der Waals surface area contributed by atoms with Crippen LogP contribution in [0.3, 0.4) is 0 Å². The molecular weight excluding hydrogens is 331 g/mol. The summed E-state index contributed by atoms with van der Waals surface area (Å²) in [7, 11) is 0. The normalized spacial score (nSPS) is 10.6. The number of hydrogen-bond donors (Lipinski definition) is 1. The number of aromatic nitrogens is 4. The van der Waals surface area contributed by atoms with Crippen molar-refractivity contribution in [3.63, 3.8) is 0 Å². The zero-order valence-corrected chi connectivity index (χ0v) is 13.6. The van der Waals surface area contributed by atoms with Gasteiger partial charge in [-0.15, -0.1) is 10.2 Å². The van der Waals surface area contributed by atoms with Crippen molar-refractivity contribution in [2.75, 3.05) is 5.32 Å². The number of benzene rings is 2. The highest BCUT2D eigenvalue weighted by molar-refractivity contribution is 5.94. The van der Waals surface area contributed by atoms with Crippen molar-refractivity contribution in [1.82, 2.24) is 20.0 Å². The molecule has 26 heavy (non-hydrogen) atoms. The predicted molar refractivity (Wildman–Crippen MR) is 95.3 cm³/mol. The van der Waals surface area contributed by atoms with Gasteiger partial charge in [-0.3, -0.25) is 4.68 Å². The second kappa shape index (κ2) is 6.61. The third kappa shape index (κ3) is 3.08. The molecule has 0 saturated carbocycles. The van der Waals surface area contributed by atoms with Gasteiger partial charge in [0.05, 0.1) is 29.6 Å². The first kappa shape index (κ1) is 15.7. The van der Waals surface area contributed by atoms with Gasteiger partial charge in [-0.25, -0.2) is 4.39 Å².